The van der Waals surface area contributed by atoms with E-state index in [1.165, 1.54) is 0 Å². The van der Waals surface area contributed by atoms with Crippen LogP contribution in [0, 0.1) is 0 Å². The van der Waals surface area contributed by atoms with Gasteiger partial charge >= 0.3 is 0 Å². The monoisotopic (exact) mass is 344 g/mol. The van der Waals surface area contributed by atoms with Gasteiger partial charge in [0, 0.05) is 26.9 Å². The average Bonchev–Trinajstić information content (AvgIpc) is 2.80. The molecular formula is C16H19Cl3N2. The third-order valence-electron chi connectivity index (χ3n) is 3.61. The van der Waals surface area contributed by atoms with Crippen molar-refractivity contribution in [3.8, 4) is 0 Å². The Morgan fingerprint density at radius 3 is 2.24 bits per heavy atom. The number of nitrogens with zero attached hydrogens (tertiary/aromatic N) is 2. The van der Waals surface area contributed by atoms with Gasteiger partial charge in [-0.3, -0.25) is 4.68 Å². The van der Waals surface area contributed by atoms with Gasteiger partial charge in [0.05, 0.1) is 17.6 Å². The van der Waals surface area contributed by atoms with Gasteiger partial charge in [-0.1, -0.05) is 43.1 Å². The van der Waals surface area contributed by atoms with Gasteiger partial charge in [0.1, 0.15) is 0 Å². The second-order valence-electron chi connectivity index (χ2n) is 4.99. The summed E-state index contributed by atoms with van der Waals surface area (Å²) in [6, 6.07) is 5.55. The SMILES string of the molecule is CCc1nn(Cc2c(Cl)cccc2Cl)c(CC)c1C(C)Cl. The molecule has 2 rings (SSSR count). The molecule has 1 aromatic carbocycles. The van der Waals surface area contributed by atoms with E-state index in [0.717, 1.165) is 35.4 Å². The van der Waals surface area contributed by atoms with E-state index in [2.05, 4.69) is 13.8 Å². The first-order valence-electron chi connectivity index (χ1n) is 7.14. The van der Waals surface area contributed by atoms with E-state index in [1.54, 1.807) is 0 Å². The minimum atomic E-state index is -0.0506. The minimum Gasteiger partial charge on any atom is -0.264 e. The van der Waals surface area contributed by atoms with Crippen LogP contribution in [-0.4, -0.2) is 9.78 Å². The number of hydrogen-bond donors (Lipinski definition) is 0. The molecule has 1 heterocycles. The van der Waals surface area contributed by atoms with Crippen molar-refractivity contribution in [2.24, 2.45) is 0 Å². The van der Waals surface area contributed by atoms with Gasteiger partial charge in [-0.15, -0.1) is 11.6 Å². The lowest BCUT2D eigenvalue weighted by atomic mass is 10.1. The van der Waals surface area contributed by atoms with Crippen LogP contribution in [0.2, 0.25) is 10.0 Å². The normalized spacial score (nSPS) is 12.7. The largest absolute Gasteiger partial charge is 0.264 e. The first-order valence-corrected chi connectivity index (χ1v) is 8.34. The van der Waals surface area contributed by atoms with E-state index in [1.807, 2.05) is 29.8 Å². The van der Waals surface area contributed by atoms with E-state index in [-0.39, 0.29) is 5.38 Å². The fraction of sp³-hybridized carbons (Fsp3) is 0.438. The predicted octanol–water partition coefficient (Wildman–Crippen LogP) is 5.66. The molecule has 0 N–H and O–H groups in total. The topological polar surface area (TPSA) is 17.8 Å². The lowest BCUT2D eigenvalue weighted by Gasteiger charge is -2.11. The highest BCUT2D eigenvalue weighted by Crippen LogP contribution is 2.30. The molecule has 0 amide bonds. The summed E-state index contributed by atoms with van der Waals surface area (Å²) in [5, 5.41) is 5.99. The van der Waals surface area contributed by atoms with E-state index in [0.29, 0.717) is 16.6 Å². The zero-order valence-electron chi connectivity index (χ0n) is 12.5. The van der Waals surface area contributed by atoms with Crippen molar-refractivity contribution in [2.75, 3.05) is 0 Å². The van der Waals surface area contributed by atoms with E-state index < -0.39 is 0 Å². The van der Waals surface area contributed by atoms with E-state index >= 15 is 0 Å². The minimum absolute atomic E-state index is 0.0506. The number of aromatic nitrogens is 2. The fourth-order valence-electron chi connectivity index (χ4n) is 2.62. The van der Waals surface area contributed by atoms with Crippen LogP contribution in [0.4, 0.5) is 0 Å². The molecule has 0 saturated carbocycles. The Morgan fingerprint density at radius 1 is 1.14 bits per heavy atom. The van der Waals surface area contributed by atoms with Crippen LogP contribution in [0.3, 0.4) is 0 Å². The lowest BCUT2D eigenvalue weighted by molar-refractivity contribution is 0.639. The van der Waals surface area contributed by atoms with Gasteiger partial charge in [-0.2, -0.15) is 5.10 Å². The number of benzene rings is 1. The second-order valence-corrected chi connectivity index (χ2v) is 6.46. The summed E-state index contributed by atoms with van der Waals surface area (Å²) in [6.07, 6.45) is 1.74. The molecule has 0 aliphatic rings. The Morgan fingerprint density at radius 2 is 1.76 bits per heavy atom. The summed E-state index contributed by atoms with van der Waals surface area (Å²) < 4.78 is 1.99. The maximum absolute atomic E-state index is 6.34. The van der Waals surface area contributed by atoms with Crippen LogP contribution in [0.1, 0.15) is 48.7 Å². The second kappa shape index (κ2) is 7.04. The molecule has 2 aromatic rings. The van der Waals surface area contributed by atoms with Crippen molar-refractivity contribution in [3.05, 3.63) is 50.8 Å². The van der Waals surface area contributed by atoms with Crippen molar-refractivity contribution in [3.63, 3.8) is 0 Å². The molecule has 0 aliphatic carbocycles. The van der Waals surface area contributed by atoms with Crippen LogP contribution >= 0.6 is 34.8 Å². The van der Waals surface area contributed by atoms with E-state index in [9.17, 15) is 0 Å². The summed E-state index contributed by atoms with van der Waals surface area (Å²) >= 11 is 18.9. The van der Waals surface area contributed by atoms with E-state index in [4.69, 9.17) is 39.9 Å². The third kappa shape index (κ3) is 3.39. The molecule has 114 valence electrons. The molecule has 0 radical (unpaired) electrons. The van der Waals surface area contributed by atoms with Crippen LogP contribution in [0.15, 0.2) is 18.2 Å². The van der Waals surface area contributed by atoms with Crippen LogP contribution < -0.4 is 0 Å². The molecule has 1 atom stereocenters. The average molecular weight is 346 g/mol. The van der Waals surface area contributed by atoms with Gasteiger partial charge in [-0.05, 0) is 31.9 Å². The van der Waals surface area contributed by atoms with Crippen molar-refractivity contribution in [1.82, 2.24) is 9.78 Å². The molecule has 21 heavy (non-hydrogen) atoms. The number of halogens is 3. The summed E-state index contributed by atoms with van der Waals surface area (Å²) in [5.74, 6) is 0. The third-order valence-corrected chi connectivity index (χ3v) is 4.54. The van der Waals surface area contributed by atoms with Gasteiger partial charge in [0.15, 0.2) is 0 Å². The van der Waals surface area contributed by atoms with Crippen molar-refractivity contribution in [2.45, 2.75) is 45.5 Å². The Labute approximate surface area is 141 Å². The molecule has 2 nitrogen and oxygen atoms in total. The molecule has 1 unspecified atom stereocenters. The zero-order chi connectivity index (χ0) is 15.6. The van der Waals surface area contributed by atoms with Crippen molar-refractivity contribution >= 4 is 34.8 Å². The molecule has 0 saturated heterocycles. The molecule has 0 bridgehead atoms. The van der Waals surface area contributed by atoms with Crippen LogP contribution in [0.5, 0.6) is 0 Å². The smallest absolute Gasteiger partial charge is 0.0692 e. The molecule has 0 aliphatic heterocycles. The summed E-state index contributed by atoms with van der Waals surface area (Å²) in [4.78, 5) is 0. The molecular weight excluding hydrogens is 327 g/mol. The standard InChI is InChI=1S/C16H19Cl3N2/c1-4-14-16(10(3)17)15(5-2)21(20-14)9-11-12(18)7-6-8-13(11)19/h6-8,10H,4-5,9H2,1-3H3. The maximum Gasteiger partial charge on any atom is 0.0692 e. The van der Waals surface area contributed by atoms with Gasteiger partial charge in [-0.25, -0.2) is 0 Å². The molecule has 0 spiro atoms. The van der Waals surface area contributed by atoms with Gasteiger partial charge < -0.3 is 0 Å². The number of hydrogen-bond acceptors (Lipinski definition) is 1. The molecule has 1 aromatic heterocycles. The summed E-state index contributed by atoms with van der Waals surface area (Å²) in [7, 11) is 0. The Balaban J connectivity index is 2.50. The highest BCUT2D eigenvalue weighted by atomic mass is 35.5. The lowest BCUT2D eigenvalue weighted by Crippen LogP contribution is -2.08. The number of rotatable bonds is 5. The first-order chi connectivity index (χ1) is 9.99. The Hall–Kier alpha value is -0.700. The Bertz CT molecular complexity index is 612. The van der Waals surface area contributed by atoms with Gasteiger partial charge in [0.2, 0.25) is 0 Å². The van der Waals surface area contributed by atoms with Crippen molar-refractivity contribution in [1.29, 1.82) is 0 Å². The highest BCUT2D eigenvalue weighted by molar-refractivity contribution is 6.35. The highest BCUT2D eigenvalue weighted by Gasteiger charge is 2.20. The Kier molecular flexibility index (Phi) is 5.59. The molecule has 0 fully saturated rings. The predicted molar refractivity (Wildman–Crippen MR) is 90.8 cm³/mol. The number of aryl methyl sites for hydroxylation is 1. The first kappa shape index (κ1) is 16.7. The zero-order valence-corrected chi connectivity index (χ0v) is 14.7. The summed E-state index contributed by atoms with van der Waals surface area (Å²) in [5.41, 5.74) is 4.25. The quantitative estimate of drug-likeness (QED) is 0.639. The van der Waals surface area contributed by atoms with Crippen molar-refractivity contribution < 1.29 is 0 Å². The summed E-state index contributed by atoms with van der Waals surface area (Å²) in [6.45, 7) is 6.77. The fourth-order valence-corrected chi connectivity index (χ4v) is 3.39. The molecule has 5 heteroatoms. The van der Waals surface area contributed by atoms with Gasteiger partial charge in [0.25, 0.3) is 0 Å². The number of alkyl halides is 1. The van der Waals surface area contributed by atoms with Crippen LogP contribution in [0.25, 0.3) is 0 Å². The van der Waals surface area contributed by atoms with Crippen LogP contribution in [-0.2, 0) is 19.4 Å². The maximum atomic E-state index is 6.34.